The van der Waals surface area contributed by atoms with Crippen molar-refractivity contribution in [3.63, 3.8) is 0 Å². The molecular weight excluding hydrogens is 118 g/mol. The number of rotatable bonds is 4. The van der Waals surface area contributed by atoms with Crippen LogP contribution in [0.1, 0.15) is 20.3 Å². The van der Waals surface area contributed by atoms with E-state index in [0.29, 0.717) is 6.42 Å². The molecule has 0 aliphatic heterocycles. The van der Waals surface area contributed by atoms with Crippen LogP contribution in [-0.2, 0) is 4.84 Å². The Kier molecular flexibility index (Phi) is 4.67. The van der Waals surface area contributed by atoms with Crippen LogP contribution in [0.25, 0.3) is 0 Å². The lowest BCUT2D eigenvalue weighted by atomic mass is 10.2. The molecule has 2 atom stereocenters. The number of aliphatic hydroxyl groups excluding tert-OH is 1. The van der Waals surface area contributed by atoms with E-state index >= 15 is 0 Å². The lowest BCUT2D eigenvalue weighted by Gasteiger charge is -2.11. The fourth-order valence-corrected chi connectivity index (χ4v) is 0.730. The molecule has 56 valence electrons. The first kappa shape index (κ1) is 8.88. The fraction of sp³-hybridized carbons (Fsp3) is 1.00. The summed E-state index contributed by atoms with van der Waals surface area (Å²) < 4.78 is 0. The quantitative estimate of drug-likeness (QED) is 0.542. The minimum atomic E-state index is -0.284. The van der Waals surface area contributed by atoms with Crippen LogP contribution in [0.4, 0.5) is 0 Å². The molecule has 0 amide bonds. The van der Waals surface area contributed by atoms with Crippen LogP contribution in [0.5, 0.6) is 0 Å². The van der Waals surface area contributed by atoms with Crippen LogP contribution < -0.4 is 5.48 Å². The number of aliphatic hydroxyl groups is 1. The van der Waals surface area contributed by atoms with E-state index in [1.54, 1.807) is 14.0 Å². The Bertz CT molecular complexity index is 66.1. The predicted molar refractivity (Wildman–Crippen MR) is 35.9 cm³/mol. The predicted octanol–water partition coefficient (Wildman–Crippen LogP) is 0.297. The highest BCUT2D eigenvalue weighted by atomic mass is 16.7. The largest absolute Gasteiger partial charge is 0.393 e. The lowest BCUT2D eigenvalue weighted by Crippen LogP contribution is -2.21. The average Bonchev–Trinajstić information content (AvgIpc) is 1.63. The Labute approximate surface area is 56.0 Å². The maximum absolute atomic E-state index is 8.84. The van der Waals surface area contributed by atoms with Gasteiger partial charge in [-0.15, -0.1) is 0 Å². The molecule has 0 aliphatic carbocycles. The lowest BCUT2D eigenvalue weighted by molar-refractivity contribution is -0.0241. The van der Waals surface area contributed by atoms with Gasteiger partial charge in [0.15, 0.2) is 0 Å². The van der Waals surface area contributed by atoms with Crippen molar-refractivity contribution in [2.24, 2.45) is 0 Å². The van der Waals surface area contributed by atoms with Gasteiger partial charge in [-0.25, -0.2) is 5.48 Å². The van der Waals surface area contributed by atoms with Gasteiger partial charge in [0, 0.05) is 13.5 Å². The van der Waals surface area contributed by atoms with Gasteiger partial charge in [-0.3, -0.25) is 4.84 Å². The Balaban J connectivity index is 3.15. The zero-order chi connectivity index (χ0) is 7.28. The second kappa shape index (κ2) is 4.73. The zero-order valence-corrected chi connectivity index (χ0v) is 6.22. The van der Waals surface area contributed by atoms with Crippen LogP contribution in [0.3, 0.4) is 0 Å². The third kappa shape index (κ3) is 5.76. The molecule has 2 unspecified atom stereocenters. The molecule has 0 radical (unpaired) electrons. The summed E-state index contributed by atoms with van der Waals surface area (Å²) in [5, 5.41) is 8.84. The normalized spacial score (nSPS) is 17.3. The van der Waals surface area contributed by atoms with Gasteiger partial charge in [-0.2, -0.15) is 0 Å². The van der Waals surface area contributed by atoms with E-state index in [-0.39, 0.29) is 12.2 Å². The van der Waals surface area contributed by atoms with E-state index in [2.05, 4.69) is 5.48 Å². The summed E-state index contributed by atoms with van der Waals surface area (Å²) in [6, 6.07) is 0. The van der Waals surface area contributed by atoms with E-state index < -0.39 is 0 Å². The standard InChI is InChI=1S/C6H15NO2/c1-5(8)4-6(2)9-7-3/h5-8H,4H2,1-3H3. The first-order valence-corrected chi connectivity index (χ1v) is 3.17. The molecule has 9 heavy (non-hydrogen) atoms. The SMILES string of the molecule is CNOC(C)CC(C)O. The van der Waals surface area contributed by atoms with Crippen LogP contribution in [0.2, 0.25) is 0 Å². The molecule has 3 nitrogen and oxygen atoms in total. The van der Waals surface area contributed by atoms with Crippen molar-refractivity contribution >= 4 is 0 Å². The Morgan fingerprint density at radius 1 is 1.56 bits per heavy atom. The van der Waals surface area contributed by atoms with E-state index in [1.807, 2.05) is 6.92 Å². The Morgan fingerprint density at radius 3 is 2.44 bits per heavy atom. The molecule has 0 aromatic rings. The van der Waals surface area contributed by atoms with Crippen molar-refractivity contribution in [2.45, 2.75) is 32.5 Å². The monoisotopic (exact) mass is 133 g/mol. The topological polar surface area (TPSA) is 41.5 Å². The molecule has 0 heterocycles. The highest BCUT2D eigenvalue weighted by molar-refractivity contribution is 4.53. The zero-order valence-electron chi connectivity index (χ0n) is 6.22. The molecule has 0 aromatic carbocycles. The highest BCUT2D eigenvalue weighted by Crippen LogP contribution is 1.98. The van der Waals surface area contributed by atoms with Gasteiger partial charge in [0.05, 0.1) is 12.2 Å². The molecular formula is C6H15NO2. The van der Waals surface area contributed by atoms with E-state index in [0.717, 1.165) is 0 Å². The molecule has 2 N–H and O–H groups in total. The van der Waals surface area contributed by atoms with Gasteiger partial charge in [0.2, 0.25) is 0 Å². The summed E-state index contributed by atoms with van der Waals surface area (Å²) in [6.45, 7) is 3.65. The minimum Gasteiger partial charge on any atom is -0.393 e. The first-order chi connectivity index (χ1) is 4.16. The summed E-state index contributed by atoms with van der Waals surface area (Å²) in [5.74, 6) is 0. The van der Waals surface area contributed by atoms with Crippen molar-refractivity contribution in [3.8, 4) is 0 Å². The van der Waals surface area contributed by atoms with Crippen LogP contribution >= 0.6 is 0 Å². The summed E-state index contributed by atoms with van der Waals surface area (Å²) >= 11 is 0. The third-order valence-electron chi connectivity index (χ3n) is 0.992. The molecule has 0 saturated heterocycles. The van der Waals surface area contributed by atoms with Crippen LogP contribution in [0.15, 0.2) is 0 Å². The van der Waals surface area contributed by atoms with Crippen molar-refractivity contribution in [1.82, 2.24) is 5.48 Å². The fourth-order valence-electron chi connectivity index (χ4n) is 0.730. The maximum Gasteiger partial charge on any atom is 0.0786 e. The van der Waals surface area contributed by atoms with Crippen molar-refractivity contribution in [2.75, 3.05) is 7.05 Å². The van der Waals surface area contributed by atoms with E-state index in [9.17, 15) is 0 Å². The van der Waals surface area contributed by atoms with Gasteiger partial charge >= 0.3 is 0 Å². The summed E-state index contributed by atoms with van der Waals surface area (Å²) in [5.41, 5.74) is 2.56. The van der Waals surface area contributed by atoms with E-state index in [4.69, 9.17) is 9.94 Å². The van der Waals surface area contributed by atoms with Crippen molar-refractivity contribution < 1.29 is 9.94 Å². The van der Waals surface area contributed by atoms with Crippen molar-refractivity contribution in [3.05, 3.63) is 0 Å². The van der Waals surface area contributed by atoms with Gasteiger partial charge in [-0.1, -0.05) is 0 Å². The molecule has 3 heteroatoms. The second-order valence-electron chi connectivity index (χ2n) is 2.22. The van der Waals surface area contributed by atoms with Crippen LogP contribution in [-0.4, -0.2) is 24.4 Å². The molecule has 0 aliphatic rings. The number of hydrogen-bond acceptors (Lipinski definition) is 3. The van der Waals surface area contributed by atoms with Gasteiger partial charge in [0.1, 0.15) is 0 Å². The second-order valence-corrected chi connectivity index (χ2v) is 2.22. The smallest absolute Gasteiger partial charge is 0.0786 e. The number of nitrogens with one attached hydrogen (secondary N) is 1. The summed E-state index contributed by atoms with van der Waals surface area (Å²) in [6.07, 6.45) is 0.462. The van der Waals surface area contributed by atoms with Crippen molar-refractivity contribution in [1.29, 1.82) is 0 Å². The first-order valence-electron chi connectivity index (χ1n) is 3.17. The maximum atomic E-state index is 8.84. The number of hydrogen-bond donors (Lipinski definition) is 2. The van der Waals surface area contributed by atoms with Gasteiger partial charge in [-0.05, 0) is 13.8 Å². The molecule has 0 fully saturated rings. The minimum absolute atomic E-state index is 0.0787. The third-order valence-corrected chi connectivity index (χ3v) is 0.992. The number of hydroxylamine groups is 1. The Hall–Kier alpha value is -0.120. The molecule has 0 bridgehead atoms. The Morgan fingerprint density at radius 2 is 2.11 bits per heavy atom. The van der Waals surface area contributed by atoms with Crippen LogP contribution in [0, 0.1) is 0 Å². The average molecular weight is 133 g/mol. The van der Waals surface area contributed by atoms with Gasteiger partial charge < -0.3 is 5.11 Å². The van der Waals surface area contributed by atoms with E-state index in [1.165, 1.54) is 0 Å². The molecule has 0 aromatic heterocycles. The molecule has 0 saturated carbocycles. The molecule has 0 rings (SSSR count). The summed E-state index contributed by atoms with van der Waals surface area (Å²) in [4.78, 5) is 4.94. The van der Waals surface area contributed by atoms with Gasteiger partial charge in [0.25, 0.3) is 0 Å². The summed E-state index contributed by atoms with van der Waals surface area (Å²) in [7, 11) is 1.71. The highest BCUT2D eigenvalue weighted by Gasteiger charge is 2.04. The molecule has 0 spiro atoms.